The van der Waals surface area contributed by atoms with Crippen LogP contribution in [-0.4, -0.2) is 23.3 Å². The van der Waals surface area contributed by atoms with Crippen molar-refractivity contribution in [2.24, 2.45) is 0 Å². The fourth-order valence-electron chi connectivity index (χ4n) is 2.29. The summed E-state index contributed by atoms with van der Waals surface area (Å²) in [7, 11) is 0. The Kier molecular flexibility index (Phi) is 3.34. The minimum absolute atomic E-state index is 0.0690. The highest BCUT2D eigenvalue weighted by atomic mass is 16.5. The van der Waals surface area contributed by atoms with E-state index in [0.717, 1.165) is 5.56 Å². The second-order valence-electron chi connectivity index (χ2n) is 5.09. The molecule has 0 bridgehead atoms. The van der Waals surface area contributed by atoms with Gasteiger partial charge >= 0.3 is 0 Å². The van der Waals surface area contributed by atoms with E-state index in [2.05, 4.69) is 5.32 Å². The van der Waals surface area contributed by atoms with Gasteiger partial charge in [0.05, 0.1) is 0 Å². The molecule has 1 fully saturated rings. The predicted octanol–water partition coefficient (Wildman–Crippen LogP) is 1.76. The summed E-state index contributed by atoms with van der Waals surface area (Å²) in [6, 6.07) is 14.9. The van der Waals surface area contributed by atoms with E-state index >= 15 is 0 Å². The molecule has 0 saturated carbocycles. The Balaban J connectivity index is 1.71. The standard InChI is InChI=1S/C16H17NO3/c18-15-8-13(20-9-12-4-2-1-3-5-12)6-7-14(15)16(19)10-17-11-16/h1-8,17-19H,9-11H2. The molecule has 3 N–H and O–H groups in total. The van der Waals surface area contributed by atoms with Crippen molar-refractivity contribution in [3.05, 3.63) is 59.7 Å². The number of benzene rings is 2. The number of nitrogens with one attached hydrogen (secondary N) is 1. The minimum Gasteiger partial charge on any atom is -0.507 e. The summed E-state index contributed by atoms with van der Waals surface area (Å²) in [4.78, 5) is 0. The van der Waals surface area contributed by atoms with Crippen LogP contribution in [-0.2, 0) is 12.2 Å². The molecule has 0 radical (unpaired) electrons. The molecular formula is C16H17NO3. The largest absolute Gasteiger partial charge is 0.507 e. The molecule has 3 rings (SSSR count). The molecule has 0 unspecified atom stereocenters. The topological polar surface area (TPSA) is 61.7 Å². The minimum atomic E-state index is -0.956. The van der Waals surface area contributed by atoms with Crippen molar-refractivity contribution in [2.75, 3.05) is 13.1 Å². The summed E-state index contributed by atoms with van der Waals surface area (Å²) in [5.41, 5.74) is 0.656. The van der Waals surface area contributed by atoms with E-state index < -0.39 is 5.60 Å². The fraction of sp³-hybridized carbons (Fsp3) is 0.250. The number of ether oxygens (including phenoxy) is 1. The lowest BCUT2D eigenvalue weighted by molar-refractivity contribution is -0.0165. The maximum absolute atomic E-state index is 10.2. The number of hydrogen-bond acceptors (Lipinski definition) is 4. The predicted molar refractivity (Wildman–Crippen MR) is 75.6 cm³/mol. The van der Waals surface area contributed by atoms with Gasteiger partial charge in [0.1, 0.15) is 23.7 Å². The van der Waals surface area contributed by atoms with Crippen molar-refractivity contribution < 1.29 is 14.9 Å². The SMILES string of the molecule is Oc1cc(OCc2ccccc2)ccc1C1(O)CNC1. The van der Waals surface area contributed by atoms with Gasteiger partial charge in [0, 0.05) is 24.7 Å². The van der Waals surface area contributed by atoms with Crippen molar-refractivity contribution in [2.45, 2.75) is 12.2 Å². The summed E-state index contributed by atoms with van der Waals surface area (Å²) in [6.07, 6.45) is 0. The van der Waals surface area contributed by atoms with Gasteiger partial charge in [-0.2, -0.15) is 0 Å². The third kappa shape index (κ3) is 2.48. The molecule has 4 heteroatoms. The molecule has 1 aliphatic heterocycles. The highest BCUT2D eigenvalue weighted by Gasteiger charge is 2.38. The molecule has 2 aromatic carbocycles. The van der Waals surface area contributed by atoms with Crippen molar-refractivity contribution in [1.29, 1.82) is 0 Å². The Morgan fingerprint density at radius 3 is 2.45 bits per heavy atom. The zero-order chi connectivity index (χ0) is 14.0. The van der Waals surface area contributed by atoms with Gasteiger partial charge in [-0.1, -0.05) is 30.3 Å². The maximum atomic E-state index is 10.2. The average molecular weight is 271 g/mol. The first kappa shape index (κ1) is 13.0. The van der Waals surface area contributed by atoms with Crippen LogP contribution in [0.2, 0.25) is 0 Å². The van der Waals surface area contributed by atoms with Gasteiger partial charge in [-0.25, -0.2) is 0 Å². The zero-order valence-corrected chi connectivity index (χ0v) is 11.0. The van der Waals surface area contributed by atoms with Crippen LogP contribution in [0, 0.1) is 0 Å². The van der Waals surface area contributed by atoms with Crippen molar-refractivity contribution >= 4 is 0 Å². The number of aliphatic hydroxyl groups is 1. The quantitative estimate of drug-likeness (QED) is 0.793. The number of phenols is 1. The van der Waals surface area contributed by atoms with Gasteiger partial charge in [-0.05, 0) is 17.7 Å². The number of β-amino-alcohol motifs (C(OH)–C–C–N with tert-alkyl or cyclic N) is 1. The molecule has 4 nitrogen and oxygen atoms in total. The summed E-state index contributed by atoms with van der Waals surface area (Å²) in [5.74, 6) is 0.658. The summed E-state index contributed by atoms with van der Waals surface area (Å²) >= 11 is 0. The monoisotopic (exact) mass is 271 g/mol. The van der Waals surface area contributed by atoms with Crippen LogP contribution in [0.3, 0.4) is 0 Å². The van der Waals surface area contributed by atoms with Crippen LogP contribution in [0.1, 0.15) is 11.1 Å². The number of aromatic hydroxyl groups is 1. The normalized spacial score (nSPS) is 16.4. The van der Waals surface area contributed by atoms with Crippen LogP contribution in [0.15, 0.2) is 48.5 Å². The fourth-order valence-corrected chi connectivity index (χ4v) is 2.29. The molecule has 0 amide bonds. The van der Waals surface area contributed by atoms with Crippen molar-refractivity contribution in [3.8, 4) is 11.5 Å². The molecule has 1 heterocycles. The van der Waals surface area contributed by atoms with E-state index in [-0.39, 0.29) is 5.75 Å². The molecule has 0 spiro atoms. The Hall–Kier alpha value is -2.04. The lowest BCUT2D eigenvalue weighted by Crippen LogP contribution is -2.56. The molecular weight excluding hydrogens is 254 g/mol. The summed E-state index contributed by atoms with van der Waals surface area (Å²) in [5, 5.41) is 23.2. The van der Waals surface area contributed by atoms with E-state index in [1.165, 1.54) is 0 Å². The van der Waals surface area contributed by atoms with E-state index in [4.69, 9.17) is 4.74 Å². The van der Waals surface area contributed by atoms with Gasteiger partial charge in [-0.15, -0.1) is 0 Å². The van der Waals surface area contributed by atoms with Crippen molar-refractivity contribution in [1.82, 2.24) is 5.32 Å². The van der Waals surface area contributed by atoms with E-state index in [0.29, 0.717) is 31.0 Å². The Labute approximate surface area is 117 Å². The first-order chi connectivity index (χ1) is 9.67. The molecule has 104 valence electrons. The van der Waals surface area contributed by atoms with Crippen LogP contribution < -0.4 is 10.1 Å². The van der Waals surface area contributed by atoms with Gasteiger partial charge in [0.15, 0.2) is 0 Å². The van der Waals surface area contributed by atoms with Crippen molar-refractivity contribution in [3.63, 3.8) is 0 Å². The van der Waals surface area contributed by atoms with E-state index in [1.807, 2.05) is 30.3 Å². The maximum Gasteiger partial charge on any atom is 0.125 e. The Morgan fingerprint density at radius 1 is 1.10 bits per heavy atom. The second kappa shape index (κ2) is 5.15. The van der Waals surface area contributed by atoms with Crippen LogP contribution in [0.5, 0.6) is 11.5 Å². The molecule has 20 heavy (non-hydrogen) atoms. The van der Waals surface area contributed by atoms with E-state index in [1.54, 1.807) is 18.2 Å². The zero-order valence-electron chi connectivity index (χ0n) is 11.0. The highest BCUT2D eigenvalue weighted by Crippen LogP contribution is 2.34. The Morgan fingerprint density at radius 2 is 1.85 bits per heavy atom. The Bertz CT molecular complexity index is 594. The smallest absolute Gasteiger partial charge is 0.125 e. The van der Waals surface area contributed by atoms with Crippen LogP contribution in [0.25, 0.3) is 0 Å². The summed E-state index contributed by atoms with van der Waals surface area (Å²) in [6.45, 7) is 1.38. The average Bonchev–Trinajstić information content (AvgIpc) is 2.44. The number of rotatable bonds is 4. The molecule has 0 aromatic heterocycles. The summed E-state index contributed by atoms with van der Waals surface area (Å²) < 4.78 is 5.63. The molecule has 2 aromatic rings. The number of hydrogen-bond donors (Lipinski definition) is 3. The lowest BCUT2D eigenvalue weighted by atomic mass is 9.87. The first-order valence-corrected chi connectivity index (χ1v) is 6.61. The van der Waals surface area contributed by atoms with Crippen LogP contribution in [0.4, 0.5) is 0 Å². The molecule has 0 atom stereocenters. The first-order valence-electron chi connectivity index (χ1n) is 6.61. The lowest BCUT2D eigenvalue weighted by Gasteiger charge is -2.38. The van der Waals surface area contributed by atoms with Gasteiger partial charge in [0.2, 0.25) is 0 Å². The van der Waals surface area contributed by atoms with Gasteiger partial charge < -0.3 is 20.3 Å². The molecule has 0 aliphatic carbocycles. The molecule has 1 saturated heterocycles. The van der Waals surface area contributed by atoms with Crippen LogP contribution >= 0.6 is 0 Å². The number of phenolic OH excluding ortho intramolecular Hbond substituents is 1. The third-order valence-corrected chi connectivity index (χ3v) is 3.55. The molecule has 1 aliphatic rings. The third-order valence-electron chi connectivity index (χ3n) is 3.55. The highest BCUT2D eigenvalue weighted by molar-refractivity contribution is 5.44. The van der Waals surface area contributed by atoms with Gasteiger partial charge in [-0.3, -0.25) is 0 Å². The van der Waals surface area contributed by atoms with E-state index in [9.17, 15) is 10.2 Å². The van der Waals surface area contributed by atoms with Gasteiger partial charge in [0.25, 0.3) is 0 Å². The second-order valence-corrected chi connectivity index (χ2v) is 5.09.